The van der Waals surface area contributed by atoms with Crippen molar-refractivity contribution in [2.45, 2.75) is 32.2 Å². The van der Waals surface area contributed by atoms with E-state index in [0.717, 1.165) is 25.3 Å². The first-order valence-corrected chi connectivity index (χ1v) is 6.58. The van der Waals surface area contributed by atoms with Crippen molar-refractivity contribution in [1.82, 2.24) is 25.0 Å². The van der Waals surface area contributed by atoms with E-state index < -0.39 is 0 Å². The summed E-state index contributed by atoms with van der Waals surface area (Å²) in [5.41, 5.74) is 0. The number of aryl methyl sites for hydroxylation is 1. The number of hydrogen-bond acceptors (Lipinski definition) is 4. The Balaban J connectivity index is 1.69. The number of nitrogens with zero attached hydrogens (tertiary/aromatic N) is 4. The number of nitrogens with one attached hydrogen (secondary N) is 1. The zero-order chi connectivity index (χ0) is 12.1. The van der Waals surface area contributed by atoms with Gasteiger partial charge in [0.15, 0.2) is 0 Å². The molecule has 1 aliphatic rings. The predicted octanol–water partition coefficient (Wildman–Crippen LogP) is 0.431. The van der Waals surface area contributed by atoms with Crippen molar-refractivity contribution in [2.24, 2.45) is 7.05 Å². The Morgan fingerprint density at radius 2 is 2.41 bits per heavy atom. The quantitative estimate of drug-likeness (QED) is 0.779. The van der Waals surface area contributed by atoms with E-state index in [1.165, 1.54) is 25.9 Å². The second-order valence-electron chi connectivity index (χ2n) is 4.85. The summed E-state index contributed by atoms with van der Waals surface area (Å²) >= 11 is 0. The van der Waals surface area contributed by atoms with Crippen LogP contribution in [0.25, 0.3) is 0 Å². The van der Waals surface area contributed by atoms with Crippen LogP contribution < -0.4 is 5.32 Å². The molecular weight excluding hydrogens is 214 g/mol. The first-order valence-electron chi connectivity index (χ1n) is 6.58. The van der Waals surface area contributed by atoms with Gasteiger partial charge in [-0.1, -0.05) is 6.92 Å². The van der Waals surface area contributed by atoms with Crippen molar-refractivity contribution in [3.8, 4) is 0 Å². The summed E-state index contributed by atoms with van der Waals surface area (Å²) in [7, 11) is 2.00. The third-order valence-electron chi connectivity index (χ3n) is 3.41. The van der Waals surface area contributed by atoms with Crippen molar-refractivity contribution in [3.05, 3.63) is 12.2 Å². The molecule has 5 heteroatoms. The lowest BCUT2D eigenvalue weighted by atomic mass is 10.2. The molecule has 1 N–H and O–H groups in total. The van der Waals surface area contributed by atoms with E-state index in [-0.39, 0.29) is 0 Å². The van der Waals surface area contributed by atoms with E-state index in [2.05, 4.69) is 27.3 Å². The van der Waals surface area contributed by atoms with Gasteiger partial charge in [-0.15, -0.1) is 10.2 Å². The smallest absolute Gasteiger partial charge is 0.133 e. The zero-order valence-electron chi connectivity index (χ0n) is 10.9. The third kappa shape index (κ3) is 3.51. The molecule has 1 fully saturated rings. The second-order valence-corrected chi connectivity index (χ2v) is 4.85. The molecule has 17 heavy (non-hydrogen) atoms. The standard InChI is InChI=1S/C12H23N5/c1-3-6-13-11-4-7-17(9-11)8-5-12-15-14-10-16(12)2/h10-11,13H,3-9H2,1-2H3. The molecule has 1 atom stereocenters. The van der Waals surface area contributed by atoms with E-state index >= 15 is 0 Å². The molecule has 0 saturated carbocycles. The lowest BCUT2D eigenvalue weighted by Crippen LogP contribution is -2.33. The van der Waals surface area contributed by atoms with E-state index in [1.807, 2.05) is 11.6 Å². The highest BCUT2D eigenvalue weighted by Crippen LogP contribution is 2.09. The highest BCUT2D eigenvalue weighted by molar-refractivity contribution is 4.88. The average Bonchev–Trinajstić information content (AvgIpc) is 2.93. The van der Waals surface area contributed by atoms with Gasteiger partial charge in [0.1, 0.15) is 12.2 Å². The third-order valence-corrected chi connectivity index (χ3v) is 3.41. The van der Waals surface area contributed by atoms with Gasteiger partial charge in [0.2, 0.25) is 0 Å². The highest BCUT2D eigenvalue weighted by atomic mass is 15.3. The fraction of sp³-hybridized carbons (Fsp3) is 0.833. The van der Waals surface area contributed by atoms with Gasteiger partial charge in [0.05, 0.1) is 0 Å². The van der Waals surface area contributed by atoms with Crippen LogP contribution in [0.5, 0.6) is 0 Å². The number of hydrogen-bond donors (Lipinski definition) is 1. The minimum Gasteiger partial charge on any atom is -0.321 e. The highest BCUT2D eigenvalue weighted by Gasteiger charge is 2.21. The Morgan fingerprint density at radius 3 is 3.12 bits per heavy atom. The van der Waals surface area contributed by atoms with Crippen LogP contribution >= 0.6 is 0 Å². The lowest BCUT2D eigenvalue weighted by molar-refractivity contribution is 0.328. The summed E-state index contributed by atoms with van der Waals surface area (Å²) in [5, 5.41) is 11.6. The van der Waals surface area contributed by atoms with Crippen LogP contribution in [0.1, 0.15) is 25.6 Å². The topological polar surface area (TPSA) is 46.0 Å². The van der Waals surface area contributed by atoms with Crippen LogP contribution in [-0.2, 0) is 13.5 Å². The van der Waals surface area contributed by atoms with Gasteiger partial charge in [-0.25, -0.2) is 0 Å². The van der Waals surface area contributed by atoms with Gasteiger partial charge in [0, 0.05) is 32.6 Å². The fourth-order valence-corrected chi connectivity index (χ4v) is 2.34. The maximum atomic E-state index is 4.12. The van der Waals surface area contributed by atoms with Crippen LogP contribution in [0, 0.1) is 0 Å². The molecule has 1 aromatic rings. The van der Waals surface area contributed by atoms with Gasteiger partial charge in [-0.05, 0) is 25.9 Å². The molecule has 1 aliphatic heterocycles. The molecule has 5 nitrogen and oxygen atoms in total. The Kier molecular flexibility index (Phi) is 4.50. The van der Waals surface area contributed by atoms with Crippen molar-refractivity contribution in [1.29, 1.82) is 0 Å². The summed E-state index contributed by atoms with van der Waals surface area (Å²) in [6.07, 6.45) is 5.26. The van der Waals surface area contributed by atoms with Crippen LogP contribution in [0.2, 0.25) is 0 Å². The van der Waals surface area contributed by atoms with Crippen molar-refractivity contribution >= 4 is 0 Å². The SMILES string of the molecule is CCCNC1CCN(CCc2nncn2C)C1. The maximum absolute atomic E-state index is 4.12. The molecule has 0 radical (unpaired) electrons. The molecule has 2 rings (SSSR count). The number of aromatic nitrogens is 3. The summed E-state index contributed by atoms with van der Waals surface area (Å²) in [4.78, 5) is 2.52. The fourth-order valence-electron chi connectivity index (χ4n) is 2.34. The largest absolute Gasteiger partial charge is 0.321 e. The molecule has 0 aliphatic carbocycles. The molecule has 96 valence electrons. The van der Waals surface area contributed by atoms with Crippen molar-refractivity contribution in [3.63, 3.8) is 0 Å². The molecule has 1 unspecified atom stereocenters. The average molecular weight is 237 g/mol. The Hall–Kier alpha value is -0.940. The molecular formula is C12H23N5. The maximum Gasteiger partial charge on any atom is 0.133 e. The van der Waals surface area contributed by atoms with E-state index in [0.29, 0.717) is 6.04 Å². The first kappa shape index (κ1) is 12.5. The predicted molar refractivity (Wildman–Crippen MR) is 67.8 cm³/mol. The lowest BCUT2D eigenvalue weighted by Gasteiger charge is -2.16. The monoisotopic (exact) mass is 237 g/mol. The molecule has 0 aromatic carbocycles. The summed E-state index contributed by atoms with van der Waals surface area (Å²) in [6.45, 7) is 6.84. The normalized spacial score (nSPS) is 21.2. The van der Waals surface area contributed by atoms with Gasteiger partial charge >= 0.3 is 0 Å². The molecule has 0 bridgehead atoms. The van der Waals surface area contributed by atoms with E-state index in [1.54, 1.807) is 6.33 Å². The van der Waals surface area contributed by atoms with Crippen LogP contribution in [0.15, 0.2) is 6.33 Å². The Labute approximate surface area is 103 Å². The summed E-state index contributed by atoms with van der Waals surface area (Å²) in [6, 6.07) is 0.689. The molecule has 1 aromatic heterocycles. The van der Waals surface area contributed by atoms with Gasteiger partial charge in [-0.2, -0.15) is 0 Å². The van der Waals surface area contributed by atoms with Crippen LogP contribution in [-0.4, -0.2) is 51.9 Å². The number of rotatable bonds is 6. The Morgan fingerprint density at radius 1 is 1.53 bits per heavy atom. The minimum absolute atomic E-state index is 0.689. The molecule has 0 amide bonds. The van der Waals surface area contributed by atoms with Crippen LogP contribution in [0.3, 0.4) is 0 Å². The summed E-state index contributed by atoms with van der Waals surface area (Å²) in [5.74, 6) is 1.08. The first-order chi connectivity index (χ1) is 8.29. The molecule has 0 spiro atoms. The van der Waals surface area contributed by atoms with E-state index in [9.17, 15) is 0 Å². The zero-order valence-corrected chi connectivity index (χ0v) is 10.9. The second kappa shape index (κ2) is 6.12. The Bertz CT molecular complexity index is 335. The number of likely N-dealkylation sites (tertiary alicyclic amines) is 1. The molecule has 2 heterocycles. The van der Waals surface area contributed by atoms with Crippen LogP contribution in [0.4, 0.5) is 0 Å². The minimum atomic E-state index is 0.689. The molecule has 1 saturated heterocycles. The van der Waals surface area contributed by atoms with Crippen molar-refractivity contribution < 1.29 is 0 Å². The van der Waals surface area contributed by atoms with Crippen molar-refractivity contribution in [2.75, 3.05) is 26.2 Å². The van der Waals surface area contributed by atoms with E-state index in [4.69, 9.17) is 0 Å². The summed E-state index contributed by atoms with van der Waals surface area (Å²) < 4.78 is 2.00. The van der Waals surface area contributed by atoms with Gasteiger partial charge in [-0.3, -0.25) is 0 Å². The van der Waals surface area contributed by atoms with Gasteiger partial charge in [0.25, 0.3) is 0 Å². The van der Waals surface area contributed by atoms with Gasteiger partial charge < -0.3 is 14.8 Å².